The van der Waals surface area contributed by atoms with Gasteiger partial charge in [0.15, 0.2) is 0 Å². The SMILES string of the molecule is CN1C(=O)N(c2ccccc2)[C@H](C2CCC(c3cccc(O)c3)CC(O)C2)[C@@H]1CC[C@H](O)C1CCC(F)CC1. The predicted molar refractivity (Wildman–Crippen MR) is 151 cm³/mol. The maximum atomic E-state index is 13.7. The lowest BCUT2D eigenvalue weighted by Gasteiger charge is -2.35. The third kappa shape index (κ3) is 6.25. The number of hydrogen-bond acceptors (Lipinski definition) is 4. The number of benzene rings is 2. The molecular formula is C32H43FN2O4. The molecule has 0 aromatic heterocycles. The number of rotatable bonds is 7. The molecule has 5 rings (SSSR count). The van der Waals surface area contributed by atoms with Gasteiger partial charge in [-0.05, 0) is 112 Å². The van der Waals surface area contributed by atoms with E-state index in [2.05, 4.69) is 0 Å². The molecule has 2 saturated carbocycles. The van der Waals surface area contributed by atoms with E-state index in [4.69, 9.17) is 0 Å². The molecule has 1 saturated heterocycles. The number of likely N-dealkylation sites (N-methyl/N-ethyl adjacent to an activating group) is 1. The first-order valence-corrected chi connectivity index (χ1v) is 14.7. The van der Waals surface area contributed by atoms with E-state index in [1.165, 1.54) is 0 Å². The van der Waals surface area contributed by atoms with Crippen LogP contribution in [-0.2, 0) is 0 Å². The molecule has 3 N–H and O–H groups in total. The first-order chi connectivity index (χ1) is 18.8. The summed E-state index contributed by atoms with van der Waals surface area (Å²) in [6.45, 7) is 0. The fraction of sp³-hybridized carbons (Fsp3) is 0.594. The molecule has 3 fully saturated rings. The summed E-state index contributed by atoms with van der Waals surface area (Å²) >= 11 is 0. The summed E-state index contributed by atoms with van der Waals surface area (Å²) < 4.78 is 13.7. The Morgan fingerprint density at radius 1 is 0.974 bits per heavy atom. The molecule has 2 aliphatic carbocycles. The lowest BCUT2D eigenvalue weighted by molar-refractivity contribution is 0.0525. The molecule has 6 atom stereocenters. The van der Waals surface area contributed by atoms with Crippen LogP contribution in [0.4, 0.5) is 14.9 Å². The van der Waals surface area contributed by atoms with Gasteiger partial charge >= 0.3 is 6.03 Å². The number of para-hydroxylation sites is 1. The second-order valence-corrected chi connectivity index (χ2v) is 12.1. The molecule has 1 aliphatic heterocycles. The second kappa shape index (κ2) is 12.3. The number of carbonyl (C=O) groups excluding carboxylic acids is 1. The quantitative estimate of drug-likeness (QED) is 0.377. The summed E-state index contributed by atoms with van der Waals surface area (Å²) in [5.74, 6) is 0.578. The minimum Gasteiger partial charge on any atom is -0.508 e. The minimum absolute atomic E-state index is 0.0492. The van der Waals surface area contributed by atoms with E-state index >= 15 is 0 Å². The average molecular weight is 539 g/mol. The van der Waals surface area contributed by atoms with Crippen molar-refractivity contribution < 1.29 is 24.5 Å². The molecule has 3 aliphatic rings. The van der Waals surface area contributed by atoms with Crippen LogP contribution in [0.3, 0.4) is 0 Å². The first kappa shape index (κ1) is 27.9. The maximum absolute atomic E-state index is 13.7. The highest BCUT2D eigenvalue weighted by Crippen LogP contribution is 2.43. The topological polar surface area (TPSA) is 84.2 Å². The highest BCUT2D eigenvalue weighted by molar-refractivity contribution is 5.95. The molecule has 1 heterocycles. The molecule has 2 aromatic rings. The number of aliphatic hydroxyl groups excluding tert-OH is 2. The number of amides is 2. The van der Waals surface area contributed by atoms with Crippen LogP contribution >= 0.6 is 0 Å². The monoisotopic (exact) mass is 538 g/mol. The van der Waals surface area contributed by atoms with Crippen molar-refractivity contribution in [2.24, 2.45) is 11.8 Å². The van der Waals surface area contributed by atoms with Crippen molar-refractivity contribution in [3.05, 3.63) is 60.2 Å². The van der Waals surface area contributed by atoms with Gasteiger partial charge in [-0.25, -0.2) is 9.18 Å². The van der Waals surface area contributed by atoms with Crippen molar-refractivity contribution in [2.75, 3.05) is 11.9 Å². The molecule has 2 aromatic carbocycles. The van der Waals surface area contributed by atoms with Gasteiger partial charge in [0.05, 0.1) is 24.3 Å². The highest BCUT2D eigenvalue weighted by atomic mass is 19.1. The Morgan fingerprint density at radius 3 is 2.44 bits per heavy atom. The number of phenolic OH excluding ortho intramolecular Hbond substituents is 1. The van der Waals surface area contributed by atoms with Crippen LogP contribution < -0.4 is 4.90 Å². The lowest BCUT2D eigenvalue weighted by atomic mass is 9.80. The maximum Gasteiger partial charge on any atom is 0.324 e. The smallest absolute Gasteiger partial charge is 0.324 e. The number of carbonyl (C=O) groups is 1. The van der Waals surface area contributed by atoms with E-state index in [0.29, 0.717) is 51.4 Å². The van der Waals surface area contributed by atoms with Gasteiger partial charge in [-0.2, -0.15) is 0 Å². The van der Waals surface area contributed by atoms with E-state index < -0.39 is 18.4 Å². The Bertz CT molecular complexity index is 1090. The average Bonchev–Trinajstić information content (AvgIpc) is 3.05. The normalized spacial score (nSPS) is 32.7. The van der Waals surface area contributed by atoms with Gasteiger partial charge in [0.2, 0.25) is 0 Å². The Morgan fingerprint density at radius 2 is 1.72 bits per heavy atom. The van der Waals surface area contributed by atoms with E-state index in [1.54, 1.807) is 12.1 Å². The summed E-state index contributed by atoms with van der Waals surface area (Å²) in [5.41, 5.74) is 1.89. The molecule has 6 nitrogen and oxygen atoms in total. The Kier molecular flexibility index (Phi) is 8.77. The fourth-order valence-electron chi connectivity index (χ4n) is 7.46. The van der Waals surface area contributed by atoms with Crippen LogP contribution in [0.25, 0.3) is 0 Å². The third-order valence-corrected chi connectivity index (χ3v) is 9.58. The number of hydrogen-bond donors (Lipinski definition) is 3. The summed E-state index contributed by atoms with van der Waals surface area (Å²) in [7, 11) is 1.85. The predicted octanol–water partition coefficient (Wildman–Crippen LogP) is 6.01. The van der Waals surface area contributed by atoms with E-state index in [-0.39, 0.29) is 41.6 Å². The molecule has 2 amide bonds. The fourth-order valence-corrected chi connectivity index (χ4v) is 7.46. The zero-order valence-electron chi connectivity index (χ0n) is 22.9. The Hall–Kier alpha value is -2.64. The zero-order valence-corrected chi connectivity index (χ0v) is 22.9. The van der Waals surface area contributed by atoms with Crippen molar-refractivity contribution in [3.63, 3.8) is 0 Å². The number of alkyl halides is 1. The van der Waals surface area contributed by atoms with Crippen LogP contribution in [0.15, 0.2) is 54.6 Å². The molecule has 3 unspecified atom stereocenters. The lowest BCUT2D eigenvalue weighted by Crippen LogP contribution is -2.44. The van der Waals surface area contributed by atoms with E-state index in [1.807, 2.05) is 59.3 Å². The van der Waals surface area contributed by atoms with Crippen molar-refractivity contribution in [2.45, 2.75) is 101 Å². The van der Waals surface area contributed by atoms with Gasteiger partial charge in [0, 0.05) is 12.7 Å². The van der Waals surface area contributed by atoms with Crippen LogP contribution in [0.5, 0.6) is 5.75 Å². The molecule has 39 heavy (non-hydrogen) atoms. The van der Waals surface area contributed by atoms with Gasteiger partial charge < -0.3 is 20.2 Å². The van der Waals surface area contributed by atoms with E-state index in [9.17, 15) is 24.5 Å². The van der Waals surface area contributed by atoms with Crippen molar-refractivity contribution >= 4 is 11.7 Å². The van der Waals surface area contributed by atoms with Crippen molar-refractivity contribution in [1.82, 2.24) is 4.90 Å². The number of nitrogens with zero attached hydrogens (tertiary/aromatic N) is 2. The summed E-state index contributed by atoms with van der Waals surface area (Å²) in [6.07, 6.45) is 4.90. The van der Waals surface area contributed by atoms with Crippen LogP contribution in [0.2, 0.25) is 0 Å². The summed E-state index contributed by atoms with van der Waals surface area (Å²) in [4.78, 5) is 17.4. The largest absolute Gasteiger partial charge is 0.508 e. The minimum atomic E-state index is -0.749. The van der Waals surface area contributed by atoms with Gasteiger partial charge in [0.1, 0.15) is 11.9 Å². The number of aromatic hydroxyl groups is 1. The van der Waals surface area contributed by atoms with Crippen LogP contribution in [0.1, 0.15) is 75.7 Å². The number of halogens is 1. The molecule has 0 bridgehead atoms. The molecule has 212 valence electrons. The summed E-state index contributed by atoms with van der Waals surface area (Å²) in [5, 5.41) is 32.2. The van der Waals surface area contributed by atoms with Crippen LogP contribution in [0, 0.1) is 11.8 Å². The van der Waals surface area contributed by atoms with Gasteiger partial charge in [-0.15, -0.1) is 0 Å². The molecule has 0 radical (unpaired) electrons. The zero-order chi connectivity index (χ0) is 27.5. The molecule has 7 heteroatoms. The van der Waals surface area contributed by atoms with Crippen LogP contribution in [-0.4, -0.2) is 63.8 Å². The second-order valence-electron chi connectivity index (χ2n) is 12.1. The third-order valence-electron chi connectivity index (χ3n) is 9.58. The Labute approximate surface area is 231 Å². The standard InChI is InChI=1S/C32H43FN2O4/c1-34-29(16-17-30(38)21-12-14-25(33)15-13-21)31(35(32(34)39)26-7-3-2-4-8-26)24-11-10-23(19-28(37)20-24)22-6-5-9-27(36)18-22/h2-9,18,21,23-25,28-31,36-38H,10-17,19-20H2,1H3/t21?,23?,24?,25?,28?,29-,30-,31+/m0/s1. The number of phenols is 1. The highest BCUT2D eigenvalue weighted by Gasteiger charge is 2.49. The molecule has 0 spiro atoms. The molecular weight excluding hydrogens is 495 g/mol. The van der Waals surface area contributed by atoms with Gasteiger partial charge in [-0.1, -0.05) is 30.3 Å². The number of urea groups is 1. The van der Waals surface area contributed by atoms with Gasteiger partial charge in [-0.3, -0.25) is 4.90 Å². The Balaban J connectivity index is 1.37. The number of aliphatic hydroxyl groups is 2. The summed E-state index contributed by atoms with van der Waals surface area (Å²) in [6, 6.07) is 16.8. The van der Waals surface area contributed by atoms with Crippen molar-refractivity contribution in [3.8, 4) is 5.75 Å². The van der Waals surface area contributed by atoms with Crippen molar-refractivity contribution in [1.29, 1.82) is 0 Å². The van der Waals surface area contributed by atoms with E-state index in [0.717, 1.165) is 24.1 Å². The first-order valence-electron chi connectivity index (χ1n) is 14.7. The van der Waals surface area contributed by atoms with Gasteiger partial charge in [0.25, 0.3) is 0 Å². The number of anilines is 1.